The Morgan fingerprint density at radius 3 is 2.88 bits per heavy atom. The fourth-order valence-corrected chi connectivity index (χ4v) is 1.74. The largest absolute Gasteiger partial charge is 0.453 e. The van der Waals surface area contributed by atoms with E-state index in [0.29, 0.717) is 16.4 Å². The van der Waals surface area contributed by atoms with Crippen molar-refractivity contribution in [3.8, 4) is 0 Å². The maximum absolute atomic E-state index is 11.9. The van der Waals surface area contributed by atoms with Crippen molar-refractivity contribution in [2.45, 2.75) is 20.3 Å². The molecule has 0 saturated heterocycles. The summed E-state index contributed by atoms with van der Waals surface area (Å²) >= 11 is 5.87. The topological polar surface area (TPSA) is 30.2 Å². The molecule has 0 fully saturated rings. The molecule has 0 spiro atoms. The highest BCUT2D eigenvalue weighted by Crippen LogP contribution is 2.24. The molecule has 3 heteroatoms. The number of halogens is 1. The van der Waals surface area contributed by atoms with Gasteiger partial charge >= 0.3 is 0 Å². The number of carbonyl (C=O) groups excluding carboxylic acids is 1. The number of furan rings is 1. The minimum atomic E-state index is -0.00367. The van der Waals surface area contributed by atoms with E-state index in [1.807, 2.05) is 13.8 Å². The molecule has 2 aromatic rings. The molecule has 1 aromatic heterocycles. The fourth-order valence-electron chi connectivity index (χ4n) is 1.56. The third-order valence-electron chi connectivity index (χ3n) is 2.78. The van der Waals surface area contributed by atoms with Gasteiger partial charge in [0.1, 0.15) is 5.58 Å². The van der Waals surface area contributed by atoms with E-state index in [1.54, 1.807) is 24.3 Å². The number of Topliss-reactive ketones (excluding diaryl/α,β-unsaturated/α-hetero) is 1. The molecule has 0 aliphatic rings. The minimum Gasteiger partial charge on any atom is -0.453 e. The van der Waals surface area contributed by atoms with Gasteiger partial charge in [0.25, 0.3) is 0 Å². The number of fused-ring (bicyclic) bond motifs is 1. The third kappa shape index (κ3) is 1.98. The van der Waals surface area contributed by atoms with Crippen LogP contribution in [0.3, 0.4) is 0 Å². The summed E-state index contributed by atoms with van der Waals surface area (Å²) in [7, 11) is 0. The van der Waals surface area contributed by atoms with E-state index in [-0.39, 0.29) is 11.7 Å². The summed E-state index contributed by atoms with van der Waals surface area (Å²) in [4.78, 5) is 11.9. The molecule has 0 radical (unpaired) electrons. The van der Waals surface area contributed by atoms with Crippen LogP contribution >= 0.6 is 11.6 Å². The van der Waals surface area contributed by atoms with Crippen molar-refractivity contribution in [3.05, 3.63) is 35.0 Å². The van der Waals surface area contributed by atoms with Crippen molar-refractivity contribution in [1.29, 1.82) is 0 Å². The first-order valence-corrected chi connectivity index (χ1v) is 5.73. The molecule has 0 bridgehead atoms. The number of benzene rings is 1. The van der Waals surface area contributed by atoms with E-state index in [2.05, 4.69) is 0 Å². The van der Waals surface area contributed by atoms with Gasteiger partial charge < -0.3 is 4.42 Å². The molecule has 0 saturated carbocycles. The lowest BCUT2D eigenvalue weighted by atomic mass is 10.0. The second-order valence-corrected chi connectivity index (χ2v) is 4.40. The Labute approximate surface area is 99.2 Å². The molecule has 0 aliphatic heterocycles. The van der Waals surface area contributed by atoms with Gasteiger partial charge in [-0.25, -0.2) is 0 Å². The predicted octanol–water partition coefficient (Wildman–Crippen LogP) is 4.32. The second-order valence-electron chi connectivity index (χ2n) is 3.97. The predicted molar refractivity (Wildman–Crippen MR) is 65.0 cm³/mol. The zero-order valence-corrected chi connectivity index (χ0v) is 10.0. The highest BCUT2D eigenvalue weighted by molar-refractivity contribution is 6.31. The van der Waals surface area contributed by atoms with Crippen molar-refractivity contribution in [2.75, 3.05) is 0 Å². The van der Waals surface area contributed by atoms with Crippen LogP contribution < -0.4 is 0 Å². The Hall–Kier alpha value is -1.28. The van der Waals surface area contributed by atoms with Crippen LogP contribution in [0.15, 0.2) is 28.7 Å². The molecule has 1 atom stereocenters. The van der Waals surface area contributed by atoms with E-state index in [9.17, 15) is 4.79 Å². The molecule has 1 unspecified atom stereocenters. The van der Waals surface area contributed by atoms with Crippen LogP contribution in [0.2, 0.25) is 5.02 Å². The molecule has 0 N–H and O–H groups in total. The van der Waals surface area contributed by atoms with Gasteiger partial charge in [0.2, 0.25) is 5.78 Å². The molecule has 1 heterocycles. The second kappa shape index (κ2) is 4.30. The number of rotatable bonds is 3. The van der Waals surface area contributed by atoms with E-state index >= 15 is 0 Å². The highest BCUT2D eigenvalue weighted by atomic mass is 35.5. The lowest BCUT2D eigenvalue weighted by Crippen LogP contribution is -2.08. The summed E-state index contributed by atoms with van der Waals surface area (Å²) in [5.74, 6) is 0.470. The molecular formula is C13H13ClO2. The fraction of sp³-hybridized carbons (Fsp3) is 0.308. The standard InChI is InChI=1S/C13H13ClO2/c1-3-8(2)13(15)12-7-9-6-10(14)4-5-11(9)16-12/h4-8H,3H2,1-2H3. The van der Waals surface area contributed by atoms with Crippen LogP contribution in [0.4, 0.5) is 0 Å². The van der Waals surface area contributed by atoms with Gasteiger partial charge in [0, 0.05) is 16.3 Å². The normalized spacial score (nSPS) is 12.9. The van der Waals surface area contributed by atoms with E-state index in [0.717, 1.165) is 11.8 Å². The molecule has 0 amide bonds. The SMILES string of the molecule is CCC(C)C(=O)c1cc2cc(Cl)ccc2o1. The van der Waals surface area contributed by atoms with Crippen molar-refractivity contribution >= 4 is 28.4 Å². The molecule has 0 aliphatic carbocycles. The van der Waals surface area contributed by atoms with Gasteiger partial charge in [0.05, 0.1) is 0 Å². The van der Waals surface area contributed by atoms with Crippen LogP contribution in [-0.2, 0) is 0 Å². The summed E-state index contributed by atoms with van der Waals surface area (Å²) in [5, 5.41) is 1.52. The van der Waals surface area contributed by atoms with E-state index in [4.69, 9.17) is 16.0 Å². The average molecular weight is 237 g/mol. The van der Waals surface area contributed by atoms with Crippen LogP contribution in [0.25, 0.3) is 11.0 Å². The van der Waals surface area contributed by atoms with Gasteiger partial charge in [-0.3, -0.25) is 4.79 Å². The summed E-state index contributed by atoms with van der Waals surface area (Å²) in [6, 6.07) is 7.10. The molecular weight excluding hydrogens is 224 g/mol. The van der Waals surface area contributed by atoms with Crippen LogP contribution in [0.1, 0.15) is 30.8 Å². The lowest BCUT2D eigenvalue weighted by Gasteiger charge is -2.02. The van der Waals surface area contributed by atoms with Gasteiger partial charge in [-0.05, 0) is 30.7 Å². The van der Waals surface area contributed by atoms with Gasteiger partial charge in [0.15, 0.2) is 5.76 Å². The maximum atomic E-state index is 11.9. The number of carbonyl (C=O) groups is 1. The van der Waals surface area contributed by atoms with Gasteiger partial charge in [-0.1, -0.05) is 25.4 Å². The first-order valence-electron chi connectivity index (χ1n) is 5.35. The monoisotopic (exact) mass is 236 g/mol. The van der Waals surface area contributed by atoms with Crippen molar-refractivity contribution < 1.29 is 9.21 Å². The van der Waals surface area contributed by atoms with Gasteiger partial charge in [-0.2, -0.15) is 0 Å². The Balaban J connectivity index is 2.43. The third-order valence-corrected chi connectivity index (χ3v) is 3.02. The van der Waals surface area contributed by atoms with Crippen molar-refractivity contribution in [2.24, 2.45) is 5.92 Å². The summed E-state index contributed by atoms with van der Waals surface area (Å²) in [6.07, 6.45) is 0.816. The molecule has 2 rings (SSSR count). The van der Waals surface area contributed by atoms with Crippen molar-refractivity contribution in [3.63, 3.8) is 0 Å². The molecule has 84 valence electrons. The van der Waals surface area contributed by atoms with Crippen LogP contribution in [0.5, 0.6) is 0 Å². The average Bonchev–Trinajstić information content (AvgIpc) is 2.69. The zero-order chi connectivity index (χ0) is 11.7. The van der Waals surface area contributed by atoms with Crippen LogP contribution in [0, 0.1) is 5.92 Å². The van der Waals surface area contributed by atoms with E-state index < -0.39 is 0 Å². The van der Waals surface area contributed by atoms with E-state index in [1.165, 1.54) is 0 Å². The van der Waals surface area contributed by atoms with Crippen molar-refractivity contribution in [1.82, 2.24) is 0 Å². The highest BCUT2D eigenvalue weighted by Gasteiger charge is 2.17. The molecule has 2 nitrogen and oxygen atoms in total. The molecule has 1 aromatic carbocycles. The van der Waals surface area contributed by atoms with Gasteiger partial charge in [-0.15, -0.1) is 0 Å². The quantitative estimate of drug-likeness (QED) is 0.743. The lowest BCUT2D eigenvalue weighted by molar-refractivity contribution is 0.0901. The molecule has 16 heavy (non-hydrogen) atoms. The smallest absolute Gasteiger partial charge is 0.200 e. The minimum absolute atomic E-state index is 0.00367. The number of hydrogen-bond acceptors (Lipinski definition) is 2. The Bertz CT molecular complexity index is 528. The van der Waals surface area contributed by atoms with Crippen LogP contribution in [-0.4, -0.2) is 5.78 Å². The number of ketones is 1. The summed E-state index contributed by atoms with van der Waals surface area (Å²) in [5.41, 5.74) is 0.705. The first kappa shape index (κ1) is 11.2. The summed E-state index contributed by atoms with van der Waals surface area (Å²) in [6.45, 7) is 3.89. The Morgan fingerprint density at radius 2 is 2.19 bits per heavy atom. The maximum Gasteiger partial charge on any atom is 0.200 e. The Morgan fingerprint density at radius 1 is 1.44 bits per heavy atom. The summed E-state index contributed by atoms with van der Waals surface area (Å²) < 4.78 is 5.50. The zero-order valence-electron chi connectivity index (χ0n) is 9.29. The Kier molecular flexibility index (Phi) is 3.01. The number of hydrogen-bond donors (Lipinski definition) is 0. The first-order chi connectivity index (χ1) is 7.61.